The molecule has 0 aromatic carbocycles. The number of carbonyl (C=O) groups excluding carboxylic acids is 3. The first-order valence-corrected chi connectivity index (χ1v) is 12.5. The molecule has 0 radical (unpaired) electrons. The predicted octanol–water partition coefficient (Wildman–Crippen LogP) is 0.981. The number of fused-ring (bicyclic) bond motifs is 1. The molecule has 4 N–H and O–H groups in total. The van der Waals surface area contributed by atoms with Gasteiger partial charge in [-0.1, -0.05) is 16.9 Å². The summed E-state index contributed by atoms with van der Waals surface area (Å²) in [4.78, 5) is 59.6. The molecule has 2 amide bonds. The molecule has 0 spiro atoms. The number of nitrogens with zero attached hydrogens (tertiary/aromatic N) is 3. The molecular weight excluding hydrogens is 506 g/mol. The lowest BCUT2D eigenvalue weighted by Gasteiger charge is -2.49. The maximum Gasteiger partial charge on any atom is 0.352 e. The lowest BCUT2D eigenvalue weighted by atomic mass is 10.0. The van der Waals surface area contributed by atoms with E-state index >= 15 is 0 Å². The number of oxime groups is 1. The minimum Gasteiger partial charge on any atom is -0.477 e. The molecule has 34 heavy (non-hydrogen) atoms. The largest absolute Gasteiger partial charge is 0.477 e. The van der Waals surface area contributed by atoms with Crippen LogP contribution in [-0.4, -0.2) is 73.6 Å². The van der Waals surface area contributed by atoms with E-state index < -0.39 is 29.2 Å². The molecule has 1 saturated heterocycles. The summed E-state index contributed by atoms with van der Waals surface area (Å²) in [6, 6.07) is 2.13. The Labute approximate surface area is 204 Å². The number of aliphatic carboxylic acids is 1. The van der Waals surface area contributed by atoms with E-state index in [9.17, 15) is 24.3 Å². The van der Waals surface area contributed by atoms with Gasteiger partial charge in [-0.25, -0.2) is 9.78 Å². The van der Waals surface area contributed by atoms with Crippen LogP contribution >= 0.6 is 34.9 Å². The van der Waals surface area contributed by atoms with Gasteiger partial charge in [-0.2, -0.15) is 0 Å². The van der Waals surface area contributed by atoms with E-state index in [0.717, 1.165) is 28.0 Å². The summed E-state index contributed by atoms with van der Waals surface area (Å²) in [6.45, 7) is 0. The summed E-state index contributed by atoms with van der Waals surface area (Å²) in [5.41, 5.74) is 5.89. The van der Waals surface area contributed by atoms with Crippen molar-refractivity contribution < 1.29 is 33.5 Å². The smallest absolute Gasteiger partial charge is 0.352 e. The van der Waals surface area contributed by atoms with E-state index in [1.807, 2.05) is 0 Å². The fourth-order valence-electron chi connectivity index (χ4n) is 3.31. The van der Waals surface area contributed by atoms with Gasteiger partial charge in [-0.3, -0.25) is 19.3 Å². The topological polar surface area (TPSA) is 177 Å². The van der Waals surface area contributed by atoms with Crippen LogP contribution in [0.3, 0.4) is 0 Å². The second kappa shape index (κ2) is 9.90. The molecule has 0 unspecified atom stereocenters. The monoisotopic (exact) mass is 523 g/mol. The molecular formula is C19H17N5O7S3. The first-order valence-electron chi connectivity index (χ1n) is 9.55. The van der Waals surface area contributed by atoms with Crippen molar-refractivity contribution in [3.8, 4) is 0 Å². The fraction of sp³-hybridized carbons (Fsp3) is 0.263. The van der Waals surface area contributed by atoms with Crippen LogP contribution in [0.1, 0.15) is 16.2 Å². The molecule has 15 heteroatoms. The molecule has 4 heterocycles. The van der Waals surface area contributed by atoms with Crippen molar-refractivity contribution in [1.29, 1.82) is 0 Å². The van der Waals surface area contributed by atoms with E-state index in [0.29, 0.717) is 5.57 Å². The average molecular weight is 524 g/mol. The minimum absolute atomic E-state index is 0.0809. The van der Waals surface area contributed by atoms with Crippen LogP contribution in [0.25, 0.3) is 0 Å². The van der Waals surface area contributed by atoms with Crippen LogP contribution in [0.15, 0.2) is 44.6 Å². The van der Waals surface area contributed by atoms with Crippen LogP contribution in [-0.2, 0) is 19.2 Å². The molecule has 1 fully saturated rings. The number of nitrogen functional groups attached to an aromatic ring is 1. The van der Waals surface area contributed by atoms with E-state index in [1.165, 1.54) is 36.6 Å². The third-order valence-electron chi connectivity index (χ3n) is 4.80. The highest BCUT2D eigenvalue weighted by molar-refractivity contribution is 8.14. The average Bonchev–Trinajstić information content (AvgIpc) is 3.50. The van der Waals surface area contributed by atoms with Crippen molar-refractivity contribution in [3.05, 3.63) is 46.5 Å². The van der Waals surface area contributed by atoms with Crippen molar-refractivity contribution in [3.63, 3.8) is 0 Å². The molecule has 0 bridgehead atoms. The Bertz CT molecular complexity index is 1210. The first kappa shape index (κ1) is 23.8. The van der Waals surface area contributed by atoms with E-state index in [1.54, 1.807) is 6.07 Å². The summed E-state index contributed by atoms with van der Waals surface area (Å²) >= 11 is 3.29. The van der Waals surface area contributed by atoms with Crippen molar-refractivity contribution in [2.24, 2.45) is 5.16 Å². The Kier molecular flexibility index (Phi) is 6.95. The van der Waals surface area contributed by atoms with Gasteiger partial charge in [0.2, 0.25) is 0 Å². The number of anilines is 1. The summed E-state index contributed by atoms with van der Waals surface area (Å²) in [6.07, 6.45) is 1.37. The van der Waals surface area contributed by atoms with Gasteiger partial charge in [0.15, 0.2) is 16.6 Å². The standard InChI is InChI=1S/C19H17N5O7S3/c1-30-23-11(9-7-34-19(20)21-9)14(25)22-12-15(26)24-13(17(27)28)8(5-32-16(12)24)6-33-18(29)10-3-2-4-31-10/h2-4,7,12,16H,5-6H2,1H3,(H2,20,21)(H,22,25)(H,27,28)/b23-11-/t12-,16+/m0/s1. The van der Waals surface area contributed by atoms with Gasteiger partial charge < -0.3 is 25.4 Å². The second-order valence-electron chi connectivity index (χ2n) is 6.87. The summed E-state index contributed by atoms with van der Waals surface area (Å²) in [5, 5.41) is 16.8. The quantitative estimate of drug-likeness (QED) is 0.255. The second-order valence-corrected chi connectivity index (χ2v) is 9.81. The van der Waals surface area contributed by atoms with Crippen LogP contribution in [0.4, 0.5) is 5.13 Å². The normalized spacial score (nSPS) is 20.0. The molecule has 2 aliphatic rings. The lowest BCUT2D eigenvalue weighted by molar-refractivity contribution is -0.150. The highest BCUT2D eigenvalue weighted by Crippen LogP contribution is 2.41. The highest BCUT2D eigenvalue weighted by atomic mass is 32.2. The third kappa shape index (κ3) is 4.53. The van der Waals surface area contributed by atoms with Gasteiger partial charge in [0.05, 0.1) is 6.26 Å². The molecule has 2 aromatic rings. The molecule has 0 aliphatic carbocycles. The zero-order valence-corrected chi connectivity index (χ0v) is 19.9. The molecule has 12 nitrogen and oxygen atoms in total. The number of thiazole rings is 1. The fourth-order valence-corrected chi connectivity index (χ4v) is 6.14. The molecule has 2 aromatic heterocycles. The number of rotatable bonds is 8. The molecule has 2 aliphatic heterocycles. The number of nitrogens with one attached hydrogen (secondary N) is 1. The van der Waals surface area contributed by atoms with Crippen molar-refractivity contribution >= 4 is 68.6 Å². The zero-order valence-electron chi connectivity index (χ0n) is 17.4. The highest BCUT2D eigenvalue weighted by Gasteiger charge is 2.54. The van der Waals surface area contributed by atoms with Gasteiger partial charge in [-0.15, -0.1) is 23.1 Å². The number of thioether (sulfide) groups is 2. The van der Waals surface area contributed by atoms with Crippen LogP contribution in [0.5, 0.6) is 0 Å². The number of furan rings is 1. The Morgan fingerprint density at radius 2 is 2.26 bits per heavy atom. The van der Waals surface area contributed by atoms with Gasteiger partial charge in [0, 0.05) is 16.9 Å². The van der Waals surface area contributed by atoms with Crippen LogP contribution in [0, 0.1) is 0 Å². The lowest BCUT2D eigenvalue weighted by Crippen LogP contribution is -2.71. The minimum atomic E-state index is -1.29. The Hall–Kier alpha value is -3.30. The van der Waals surface area contributed by atoms with Gasteiger partial charge >= 0.3 is 5.97 Å². The van der Waals surface area contributed by atoms with E-state index in [4.69, 9.17) is 15.0 Å². The van der Waals surface area contributed by atoms with Crippen molar-refractivity contribution in [2.45, 2.75) is 11.4 Å². The summed E-state index contributed by atoms with van der Waals surface area (Å²) < 4.78 is 5.05. The number of aromatic nitrogens is 1. The van der Waals surface area contributed by atoms with Crippen molar-refractivity contribution in [1.82, 2.24) is 15.2 Å². The third-order valence-corrected chi connectivity index (χ3v) is 7.77. The Morgan fingerprint density at radius 3 is 2.88 bits per heavy atom. The van der Waals surface area contributed by atoms with Crippen LogP contribution in [0.2, 0.25) is 0 Å². The van der Waals surface area contributed by atoms with Gasteiger partial charge in [0.25, 0.3) is 16.9 Å². The number of amides is 2. The molecule has 0 saturated carbocycles. The van der Waals surface area contributed by atoms with E-state index in [-0.39, 0.29) is 44.6 Å². The van der Waals surface area contributed by atoms with Crippen molar-refractivity contribution in [2.75, 3.05) is 24.3 Å². The predicted molar refractivity (Wildman–Crippen MR) is 125 cm³/mol. The first-order chi connectivity index (χ1) is 16.3. The number of nitrogens with two attached hydrogens (primary N) is 1. The summed E-state index contributed by atoms with van der Waals surface area (Å²) in [5.74, 6) is -2.08. The number of hydrogen-bond acceptors (Lipinski definition) is 12. The van der Waals surface area contributed by atoms with Gasteiger partial charge in [0.1, 0.15) is 29.9 Å². The number of carbonyl (C=O) groups is 4. The maximum atomic E-state index is 12.8. The SMILES string of the molecule is CO/N=C(\C(=O)N[C@H]1C(=O)N2C(C(=O)O)=C(CSC(=O)c3ccco3)CS[C@H]12)c1csc(N)n1. The maximum absolute atomic E-state index is 12.8. The van der Waals surface area contributed by atoms with Crippen LogP contribution < -0.4 is 11.1 Å². The van der Waals surface area contributed by atoms with Gasteiger partial charge in [-0.05, 0) is 17.7 Å². The Balaban J connectivity index is 1.47. The molecule has 4 rings (SSSR count). The van der Waals surface area contributed by atoms with E-state index in [2.05, 4.69) is 15.5 Å². The molecule has 2 atom stereocenters. The number of hydrogen-bond donors (Lipinski definition) is 3. The number of carboxylic acids is 1. The zero-order chi connectivity index (χ0) is 24.4. The number of carboxylic acid groups (broad SMARTS) is 1. The summed E-state index contributed by atoms with van der Waals surface area (Å²) in [7, 11) is 1.26. The Morgan fingerprint density at radius 1 is 1.47 bits per heavy atom. The molecule has 178 valence electrons. The number of β-lactam (4-membered cyclic amide) rings is 1.